The first-order valence-corrected chi connectivity index (χ1v) is 13.3. The van der Waals surface area contributed by atoms with E-state index in [4.69, 9.17) is 21.1 Å². The molecule has 1 heterocycles. The summed E-state index contributed by atoms with van der Waals surface area (Å²) in [5.41, 5.74) is 4.63. The number of esters is 1. The van der Waals surface area contributed by atoms with Crippen molar-refractivity contribution in [2.75, 3.05) is 26.3 Å². The number of aryl methyl sites for hydroxylation is 2. The lowest BCUT2D eigenvalue weighted by molar-refractivity contribution is -0.143. The summed E-state index contributed by atoms with van der Waals surface area (Å²) in [5, 5.41) is 11.6. The fourth-order valence-electron chi connectivity index (χ4n) is 4.96. The predicted octanol–water partition coefficient (Wildman–Crippen LogP) is 5.54. The summed E-state index contributed by atoms with van der Waals surface area (Å²) in [4.78, 5) is 14.2. The van der Waals surface area contributed by atoms with Gasteiger partial charge in [0.2, 0.25) is 0 Å². The number of benzene rings is 2. The van der Waals surface area contributed by atoms with Crippen LogP contribution in [-0.2, 0) is 33.5 Å². The van der Waals surface area contributed by atoms with Crippen LogP contribution in [0, 0.1) is 0 Å². The standard InChI is InChI=1S/C29H40ClNO4/c1-4-23-17-22(12-14-28(23)30)18-25-10-8-16-31(25)19-26(32)20-35-21(3)27-11-7-6-9-24(27)13-15-29(33)34-5-2/h6-7,9,11-12,14,17,21,25-26,32H,4-5,8,10,13,15-16,18-20H2,1-3H3/t21-,25+,26-/m1/s1. The van der Waals surface area contributed by atoms with Gasteiger partial charge in [0.25, 0.3) is 0 Å². The van der Waals surface area contributed by atoms with Crippen LogP contribution >= 0.6 is 11.6 Å². The lowest BCUT2D eigenvalue weighted by Crippen LogP contribution is -2.39. The summed E-state index contributed by atoms with van der Waals surface area (Å²) in [7, 11) is 0. The van der Waals surface area contributed by atoms with Crippen molar-refractivity contribution in [2.45, 2.75) is 77.5 Å². The third-order valence-corrected chi connectivity index (χ3v) is 7.21. The van der Waals surface area contributed by atoms with Gasteiger partial charge >= 0.3 is 5.97 Å². The Labute approximate surface area is 215 Å². The van der Waals surface area contributed by atoms with Gasteiger partial charge in [-0.25, -0.2) is 0 Å². The highest BCUT2D eigenvalue weighted by Crippen LogP contribution is 2.26. The van der Waals surface area contributed by atoms with Crippen molar-refractivity contribution >= 4 is 17.6 Å². The van der Waals surface area contributed by atoms with Crippen molar-refractivity contribution < 1.29 is 19.4 Å². The molecule has 2 aromatic carbocycles. The zero-order valence-corrected chi connectivity index (χ0v) is 22.1. The summed E-state index contributed by atoms with van der Waals surface area (Å²) in [6.07, 6.45) is 4.44. The number of β-amino-alcohol motifs (C(OH)–C–C–N with tert-alkyl or cyclic N) is 1. The molecular weight excluding hydrogens is 462 g/mol. The Balaban J connectivity index is 1.50. The smallest absolute Gasteiger partial charge is 0.306 e. The van der Waals surface area contributed by atoms with Crippen LogP contribution in [0.5, 0.6) is 0 Å². The number of halogens is 1. The third-order valence-electron chi connectivity index (χ3n) is 6.84. The van der Waals surface area contributed by atoms with Crippen LogP contribution in [0.1, 0.15) is 68.4 Å². The van der Waals surface area contributed by atoms with Gasteiger partial charge in [0.15, 0.2) is 0 Å². The number of hydrogen-bond donors (Lipinski definition) is 1. The SMILES string of the molecule is CCOC(=O)CCc1ccccc1[C@@H](C)OC[C@H](O)CN1CCC[C@H]1Cc1ccc(Cl)c(CC)c1. The molecule has 1 N–H and O–H groups in total. The fraction of sp³-hybridized carbons (Fsp3) is 0.552. The molecule has 6 heteroatoms. The molecule has 1 saturated heterocycles. The van der Waals surface area contributed by atoms with Crippen LogP contribution < -0.4 is 0 Å². The van der Waals surface area contributed by atoms with E-state index >= 15 is 0 Å². The summed E-state index contributed by atoms with van der Waals surface area (Å²) in [5.74, 6) is -0.184. The highest BCUT2D eigenvalue weighted by atomic mass is 35.5. The Morgan fingerprint density at radius 2 is 2.00 bits per heavy atom. The quantitative estimate of drug-likeness (QED) is 0.365. The number of nitrogens with zero attached hydrogens (tertiary/aromatic N) is 1. The van der Waals surface area contributed by atoms with Crippen molar-refractivity contribution in [3.8, 4) is 0 Å². The number of hydrogen-bond acceptors (Lipinski definition) is 5. The van der Waals surface area contributed by atoms with Gasteiger partial charge in [-0.05, 0) is 80.8 Å². The van der Waals surface area contributed by atoms with Crippen LogP contribution in [-0.4, -0.2) is 54.4 Å². The maximum atomic E-state index is 11.8. The predicted molar refractivity (Wildman–Crippen MR) is 141 cm³/mol. The van der Waals surface area contributed by atoms with Crippen molar-refractivity contribution in [2.24, 2.45) is 0 Å². The van der Waals surface area contributed by atoms with E-state index in [0.29, 0.717) is 32.0 Å². The average molecular weight is 502 g/mol. The Hall–Kier alpha value is -1.92. The molecule has 1 fully saturated rings. The van der Waals surface area contributed by atoms with Gasteiger partial charge in [-0.3, -0.25) is 9.69 Å². The van der Waals surface area contributed by atoms with Crippen molar-refractivity contribution in [1.82, 2.24) is 4.90 Å². The van der Waals surface area contributed by atoms with E-state index in [1.807, 2.05) is 44.2 Å². The number of carbonyl (C=O) groups excluding carboxylic acids is 1. The molecule has 192 valence electrons. The highest BCUT2D eigenvalue weighted by molar-refractivity contribution is 6.31. The Bertz CT molecular complexity index is 950. The average Bonchev–Trinajstić information content (AvgIpc) is 3.28. The van der Waals surface area contributed by atoms with Gasteiger partial charge in [-0.15, -0.1) is 0 Å². The molecule has 3 rings (SSSR count). The highest BCUT2D eigenvalue weighted by Gasteiger charge is 2.27. The second-order valence-corrected chi connectivity index (χ2v) is 9.81. The van der Waals surface area contributed by atoms with E-state index in [-0.39, 0.29) is 18.7 Å². The van der Waals surface area contributed by atoms with Crippen molar-refractivity contribution in [1.29, 1.82) is 0 Å². The molecule has 3 atom stereocenters. The molecular formula is C29H40ClNO4. The number of rotatable bonds is 13. The first-order chi connectivity index (χ1) is 16.9. The van der Waals surface area contributed by atoms with Crippen LogP contribution in [0.2, 0.25) is 5.02 Å². The van der Waals surface area contributed by atoms with E-state index in [1.54, 1.807) is 0 Å². The molecule has 2 aromatic rings. The minimum Gasteiger partial charge on any atom is -0.466 e. The van der Waals surface area contributed by atoms with E-state index in [9.17, 15) is 9.90 Å². The monoisotopic (exact) mass is 501 g/mol. The van der Waals surface area contributed by atoms with Gasteiger partial charge in [-0.2, -0.15) is 0 Å². The Morgan fingerprint density at radius 3 is 2.77 bits per heavy atom. The lowest BCUT2D eigenvalue weighted by Gasteiger charge is -2.28. The first-order valence-electron chi connectivity index (χ1n) is 13.0. The molecule has 0 bridgehead atoms. The van der Waals surface area contributed by atoms with Gasteiger partial charge in [0.1, 0.15) is 0 Å². The molecule has 0 aromatic heterocycles. The topological polar surface area (TPSA) is 59.0 Å². The molecule has 0 unspecified atom stereocenters. The minimum atomic E-state index is -0.554. The molecule has 0 aliphatic carbocycles. The van der Waals surface area contributed by atoms with E-state index < -0.39 is 6.10 Å². The van der Waals surface area contributed by atoms with Crippen molar-refractivity contribution in [3.05, 3.63) is 69.7 Å². The Kier molecular flexibility index (Phi) is 11.1. The zero-order chi connectivity index (χ0) is 25.2. The Morgan fingerprint density at radius 1 is 1.20 bits per heavy atom. The van der Waals surface area contributed by atoms with Gasteiger partial charge in [-0.1, -0.05) is 54.9 Å². The van der Waals surface area contributed by atoms with E-state index in [2.05, 4.69) is 24.0 Å². The normalized spacial score (nSPS) is 17.9. The second-order valence-electron chi connectivity index (χ2n) is 9.41. The van der Waals surface area contributed by atoms with Crippen LogP contribution in [0.15, 0.2) is 42.5 Å². The third kappa shape index (κ3) is 8.32. The molecule has 1 aliphatic rings. The number of aliphatic hydroxyl groups excluding tert-OH is 1. The van der Waals surface area contributed by atoms with Crippen LogP contribution in [0.4, 0.5) is 0 Å². The maximum absolute atomic E-state index is 11.8. The summed E-state index contributed by atoms with van der Waals surface area (Å²) >= 11 is 6.29. The fourth-order valence-corrected chi connectivity index (χ4v) is 5.21. The lowest BCUT2D eigenvalue weighted by atomic mass is 9.99. The summed E-state index contributed by atoms with van der Waals surface area (Å²) in [6.45, 7) is 8.23. The summed E-state index contributed by atoms with van der Waals surface area (Å²) in [6, 6.07) is 14.8. The zero-order valence-electron chi connectivity index (χ0n) is 21.3. The second kappa shape index (κ2) is 14.0. The molecule has 5 nitrogen and oxygen atoms in total. The van der Waals surface area contributed by atoms with Crippen LogP contribution in [0.3, 0.4) is 0 Å². The first kappa shape index (κ1) is 27.7. The van der Waals surface area contributed by atoms with Gasteiger partial charge < -0.3 is 14.6 Å². The molecule has 0 radical (unpaired) electrons. The molecule has 0 spiro atoms. The van der Waals surface area contributed by atoms with Gasteiger partial charge in [0, 0.05) is 24.0 Å². The van der Waals surface area contributed by atoms with Crippen LogP contribution in [0.25, 0.3) is 0 Å². The largest absolute Gasteiger partial charge is 0.466 e. The molecule has 35 heavy (non-hydrogen) atoms. The van der Waals surface area contributed by atoms with E-state index in [0.717, 1.165) is 48.4 Å². The maximum Gasteiger partial charge on any atom is 0.306 e. The van der Waals surface area contributed by atoms with Crippen molar-refractivity contribution in [3.63, 3.8) is 0 Å². The number of carbonyl (C=O) groups is 1. The number of likely N-dealkylation sites (tertiary alicyclic amines) is 1. The molecule has 0 saturated carbocycles. The number of aliphatic hydroxyl groups is 1. The van der Waals surface area contributed by atoms with E-state index in [1.165, 1.54) is 11.1 Å². The van der Waals surface area contributed by atoms with Gasteiger partial charge in [0.05, 0.1) is 25.4 Å². The molecule has 0 amide bonds. The summed E-state index contributed by atoms with van der Waals surface area (Å²) < 4.78 is 11.1. The minimum absolute atomic E-state index is 0.168. The number of ether oxygens (including phenoxy) is 2. The molecule has 1 aliphatic heterocycles.